The molecule has 7 nitrogen and oxygen atoms in total. The summed E-state index contributed by atoms with van der Waals surface area (Å²) in [6.45, 7) is 5.66. The Morgan fingerprint density at radius 2 is 2.07 bits per heavy atom. The Hall–Kier alpha value is -2.10. The molecule has 1 aliphatic heterocycles. The number of rotatable bonds is 7. The number of halogens is 1. The van der Waals surface area contributed by atoms with Crippen LogP contribution in [0.4, 0.5) is 0 Å². The van der Waals surface area contributed by atoms with Crippen molar-refractivity contribution in [2.75, 3.05) is 13.1 Å². The van der Waals surface area contributed by atoms with Crippen LogP contribution < -0.4 is 10.6 Å². The van der Waals surface area contributed by atoms with Crippen molar-refractivity contribution in [3.05, 3.63) is 53.3 Å². The summed E-state index contributed by atoms with van der Waals surface area (Å²) in [6, 6.07) is 10.3. The number of carbonyl (C=O) groups is 1. The van der Waals surface area contributed by atoms with E-state index in [0.717, 1.165) is 42.3 Å². The number of amides is 1. The standard InChI is InChI=1S/C20H28N6O.HI/c1-3-21-20(23-14-18-9-10-24-25(18)2)22-13-16-6-4-7-17(12-16)15-26-11-5-8-19(26)27;/h4,6-7,9-10,12H,3,5,8,11,13-15H2,1-2H3,(H2,21,22,23);1H. The van der Waals surface area contributed by atoms with E-state index in [1.165, 1.54) is 0 Å². The van der Waals surface area contributed by atoms with E-state index < -0.39 is 0 Å². The molecule has 2 aromatic rings. The van der Waals surface area contributed by atoms with Gasteiger partial charge in [0.15, 0.2) is 5.96 Å². The molecule has 28 heavy (non-hydrogen) atoms. The fourth-order valence-corrected chi connectivity index (χ4v) is 3.18. The minimum absolute atomic E-state index is 0. The molecule has 3 rings (SSSR count). The maximum absolute atomic E-state index is 11.8. The smallest absolute Gasteiger partial charge is 0.222 e. The van der Waals surface area contributed by atoms with Crippen LogP contribution in [0.25, 0.3) is 0 Å². The molecule has 1 fully saturated rings. The molecule has 0 aliphatic carbocycles. The highest BCUT2D eigenvalue weighted by Crippen LogP contribution is 2.15. The van der Waals surface area contributed by atoms with Crippen molar-refractivity contribution in [2.45, 2.75) is 39.4 Å². The first-order chi connectivity index (χ1) is 13.2. The van der Waals surface area contributed by atoms with E-state index in [0.29, 0.717) is 26.1 Å². The van der Waals surface area contributed by atoms with Crippen LogP contribution in [-0.2, 0) is 31.5 Å². The molecule has 1 aromatic heterocycles. The number of likely N-dealkylation sites (tertiary alicyclic amines) is 1. The minimum Gasteiger partial charge on any atom is -0.357 e. The molecule has 152 valence electrons. The quantitative estimate of drug-likeness (QED) is 0.351. The van der Waals surface area contributed by atoms with Crippen LogP contribution in [0.15, 0.2) is 41.5 Å². The van der Waals surface area contributed by atoms with E-state index >= 15 is 0 Å². The highest BCUT2D eigenvalue weighted by atomic mass is 127. The summed E-state index contributed by atoms with van der Waals surface area (Å²) in [7, 11) is 1.93. The Kier molecular flexibility index (Phi) is 8.75. The van der Waals surface area contributed by atoms with Gasteiger partial charge in [-0.05, 0) is 30.5 Å². The highest BCUT2D eigenvalue weighted by Gasteiger charge is 2.19. The second-order valence-electron chi connectivity index (χ2n) is 6.73. The van der Waals surface area contributed by atoms with Gasteiger partial charge >= 0.3 is 0 Å². The van der Waals surface area contributed by atoms with Crippen LogP contribution in [0.2, 0.25) is 0 Å². The topological polar surface area (TPSA) is 74.6 Å². The predicted octanol–water partition coefficient (Wildman–Crippen LogP) is 2.42. The number of nitrogens with one attached hydrogen (secondary N) is 2. The fraction of sp³-hybridized carbons (Fsp3) is 0.450. The summed E-state index contributed by atoms with van der Waals surface area (Å²) >= 11 is 0. The number of aliphatic imine (C=N–C) groups is 1. The zero-order valence-corrected chi connectivity index (χ0v) is 18.8. The van der Waals surface area contributed by atoms with Crippen molar-refractivity contribution in [3.63, 3.8) is 0 Å². The van der Waals surface area contributed by atoms with Gasteiger partial charge < -0.3 is 15.5 Å². The summed E-state index contributed by atoms with van der Waals surface area (Å²) in [5.74, 6) is 1.03. The monoisotopic (exact) mass is 496 g/mol. The lowest BCUT2D eigenvalue weighted by molar-refractivity contribution is -0.128. The third-order valence-electron chi connectivity index (χ3n) is 4.66. The Morgan fingerprint density at radius 1 is 1.25 bits per heavy atom. The SMILES string of the molecule is CCNC(=NCc1cccc(CN2CCCC2=O)c1)NCc1ccnn1C.I. The second-order valence-corrected chi connectivity index (χ2v) is 6.73. The van der Waals surface area contributed by atoms with Crippen molar-refractivity contribution >= 4 is 35.8 Å². The molecule has 8 heteroatoms. The van der Waals surface area contributed by atoms with Crippen LogP contribution in [0.3, 0.4) is 0 Å². The zero-order chi connectivity index (χ0) is 19.1. The van der Waals surface area contributed by atoms with Crippen LogP contribution in [0, 0.1) is 0 Å². The van der Waals surface area contributed by atoms with Crippen molar-refractivity contribution in [1.82, 2.24) is 25.3 Å². The van der Waals surface area contributed by atoms with Crippen molar-refractivity contribution in [3.8, 4) is 0 Å². The molecule has 0 bridgehead atoms. The van der Waals surface area contributed by atoms with Gasteiger partial charge in [-0.2, -0.15) is 5.10 Å². The lowest BCUT2D eigenvalue weighted by Crippen LogP contribution is -2.37. The molecule has 0 saturated carbocycles. The molecule has 0 unspecified atom stereocenters. The maximum atomic E-state index is 11.8. The van der Waals surface area contributed by atoms with Gasteiger partial charge in [0.2, 0.25) is 5.91 Å². The van der Waals surface area contributed by atoms with E-state index in [2.05, 4.69) is 45.8 Å². The Balaban J connectivity index is 0.00000280. The van der Waals surface area contributed by atoms with E-state index in [1.54, 1.807) is 6.20 Å². The van der Waals surface area contributed by atoms with E-state index in [9.17, 15) is 4.79 Å². The van der Waals surface area contributed by atoms with Gasteiger partial charge in [-0.25, -0.2) is 4.99 Å². The molecule has 2 heterocycles. The number of guanidine groups is 1. The Labute approximate surface area is 183 Å². The van der Waals surface area contributed by atoms with Crippen LogP contribution in [-0.4, -0.2) is 39.6 Å². The number of hydrogen-bond donors (Lipinski definition) is 2. The van der Waals surface area contributed by atoms with E-state index in [4.69, 9.17) is 0 Å². The fourth-order valence-electron chi connectivity index (χ4n) is 3.18. The van der Waals surface area contributed by atoms with Crippen LogP contribution in [0.1, 0.15) is 36.6 Å². The van der Waals surface area contributed by atoms with E-state index in [-0.39, 0.29) is 29.9 Å². The summed E-state index contributed by atoms with van der Waals surface area (Å²) in [5.41, 5.74) is 3.39. The average Bonchev–Trinajstić information content (AvgIpc) is 3.26. The molecular formula is C20H29IN6O. The molecule has 0 radical (unpaired) electrons. The molecule has 2 N–H and O–H groups in total. The van der Waals surface area contributed by atoms with Gasteiger partial charge in [0.05, 0.1) is 18.8 Å². The first-order valence-corrected chi connectivity index (χ1v) is 9.50. The van der Waals surface area contributed by atoms with Gasteiger partial charge in [-0.15, -0.1) is 24.0 Å². The van der Waals surface area contributed by atoms with Crippen molar-refractivity contribution in [1.29, 1.82) is 0 Å². The third-order valence-corrected chi connectivity index (χ3v) is 4.66. The zero-order valence-electron chi connectivity index (χ0n) is 16.5. The van der Waals surface area contributed by atoms with Crippen molar-refractivity contribution in [2.24, 2.45) is 12.0 Å². The summed E-state index contributed by atoms with van der Waals surface area (Å²) in [5, 5.41) is 10.8. The highest BCUT2D eigenvalue weighted by molar-refractivity contribution is 14.0. The van der Waals surface area contributed by atoms with Crippen molar-refractivity contribution < 1.29 is 4.79 Å². The number of benzene rings is 1. The Bertz CT molecular complexity index is 803. The van der Waals surface area contributed by atoms with Gasteiger partial charge in [0.25, 0.3) is 0 Å². The molecular weight excluding hydrogens is 467 g/mol. The lowest BCUT2D eigenvalue weighted by Gasteiger charge is -2.16. The number of carbonyl (C=O) groups excluding carboxylic acids is 1. The van der Waals surface area contributed by atoms with Gasteiger partial charge in [-0.1, -0.05) is 24.3 Å². The van der Waals surface area contributed by atoms with Gasteiger partial charge in [-0.3, -0.25) is 9.48 Å². The molecule has 1 amide bonds. The van der Waals surface area contributed by atoms with Crippen LogP contribution >= 0.6 is 24.0 Å². The summed E-state index contributed by atoms with van der Waals surface area (Å²) < 4.78 is 1.85. The maximum Gasteiger partial charge on any atom is 0.222 e. The van der Waals surface area contributed by atoms with Crippen LogP contribution in [0.5, 0.6) is 0 Å². The summed E-state index contributed by atoms with van der Waals surface area (Å²) in [4.78, 5) is 18.4. The normalized spacial score (nSPS) is 14.1. The molecule has 1 aromatic carbocycles. The van der Waals surface area contributed by atoms with Gasteiger partial charge in [0, 0.05) is 39.3 Å². The molecule has 1 saturated heterocycles. The van der Waals surface area contributed by atoms with Gasteiger partial charge in [0.1, 0.15) is 0 Å². The second kappa shape index (κ2) is 11.0. The average molecular weight is 496 g/mol. The minimum atomic E-state index is 0. The lowest BCUT2D eigenvalue weighted by atomic mass is 10.1. The number of hydrogen-bond acceptors (Lipinski definition) is 3. The number of nitrogens with zero attached hydrogens (tertiary/aromatic N) is 4. The largest absolute Gasteiger partial charge is 0.357 e. The summed E-state index contributed by atoms with van der Waals surface area (Å²) in [6.07, 6.45) is 3.44. The Morgan fingerprint density at radius 3 is 2.75 bits per heavy atom. The van der Waals surface area contributed by atoms with E-state index in [1.807, 2.05) is 28.8 Å². The number of aromatic nitrogens is 2. The predicted molar refractivity (Wildman–Crippen MR) is 121 cm³/mol. The first kappa shape index (κ1) is 22.2. The third kappa shape index (κ3) is 6.22. The first-order valence-electron chi connectivity index (χ1n) is 9.50. The molecule has 0 atom stereocenters. The molecule has 0 spiro atoms. The number of aryl methyl sites for hydroxylation is 1. The molecule has 1 aliphatic rings.